The summed E-state index contributed by atoms with van der Waals surface area (Å²) in [6, 6.07) is 14.6. The molecule has 0 spiro atoms. The zero-order valence-electron chi connectivity index (χ0n) is 22.6. The number of anilines is 1. The van der Waals surface area contributed by atoms with E-state index in [0.29, 0.717) is 53.2 Å². The molecule has 220 valence electrons. The molecule has 12 heteroatoms. The standard InChI is InChI=1S/C31H25F4N5O3/c32-19-6-4-17(5-7-19)21(14-24(33)34)31(41)39-26-13-18(8-11-37-26)28-27(22-3-1-2-10-36-22)30-29(40-28)23(15-25(35)38-30)43-20-9-12-42-16-20/h1-8,10-11,13,15,20-21,24,40H,9,12,14,16H2,(H,37,39,41)/t20-,21+/m0/s1. The van der Waals surface area contributed by atoms with E-state index in [2.05, 4.69) is 25.3 Å². The van der Waals surface area contributed by atoms with Crippen molar-refractivity contribution in [3.8, 4) is 28.3 Å². The average molecular weight is 592 g/mol. The Morgan fingerprint density at radius 1 is 1.07 bits per heavy atom. The third-order valence-corrected chi connectivity index (χ3v) is 7.09. The van der Waals surface area contributed by atoms with Crippen LogP contribution in [0.25, 0.3) is 33.5 Å². The Labute approximate surface area is 243 Å². The Morgan fingerprint density at radius 2 is 1.91 bits per heavy atom. The Hall–Kier alpha value is -4.84. The van der Waals surface area contributed by atoms with Crippen LogP contribution in [0.2, 0.25) is 0 Å². The lowest BCUT2D eigenvalue weighted by Crippen LogP contribution is -2.23. The smallest absolute Gasteiger partial charge is 0.239 e. The highest BCUT2D eigenvalue weighted by Gasteiger charge is 2.27. The maximum absolute atomic E-state index is 14.8. The molecule has 6 rings (SSSR count). The van der Waals surface area contributed by atoms with Gasteiger partial charge in [-0.15, -0.1) is 0 Å². The third kappa shape index (κ3) is 6.19. The lowest BCUT2D eigenvalue weighted by atomic mass is 9.95. The average Bonchev–Trinajstić information content (AvgIpc) is 3.65. The number of hydrogen-bond acceptors (Lipinski definition) is 6. The summed E-state index contributed by atoms with van der Waals surface area (Å²) in [6.45, 7) is 0.922. The second-order valence-electron chi connectivity index (χ2n) is 10.0. The van der Waals surface area contributed by atoms with Crippen LogP contribution in [0.4, 0.5) is 23.4 Å². The molecule has 0 saturated carbocycles. The van der Waals surface area contributed by atoms with Crippen LogP contribution in [-0.4, -0.2) is 51.6 Å². The van der Waals surface area contributed by atoms with Gasteiger partial charge in [0.05, 0.1) is 36.1 Å². The number of fused-ring (bicyclic) bond motifs is 1. The Kier molecular flexibility index (Phi) is 8.01. The molecule has 0 radical (unpaired) electrons. The summed E-state index contributed by atoms with van der Waals surface area (Å²) in [5.74, 6) is -2.90. The van der Waals surface area contributed by atoms with E-state index in [4.69, 9.17) is 9.47 Å². The van der Waals surface area contributed by atoms with Crippen LogP contribution >= 0.6 is 0 Å². The van der Waals surface area contributed by atoms with Crippen molar-refractivity contribution >= 4 is 22.8 Å². The zero-order chi connectivity index (χ0) is 29.9. The number of rotatable bonds is 9. The fourth-order valence-corrected chi connectivity index (χ4v) is 5.09. The predicted molar refractivity (Wildman–Crippen MR) is 151 cm³/mol. The van der Waals surface area contributed by atoms with Crippen LogP contribution < -0.4 is 10.1 Å². The quantitative estimate of drug-likeness (QED) is 0.150. The van der Waals surface area contributed by atoms with E-state index >= 15 is 0 Å². The molecule has 8 nitrogen and oxygen atoms in total. The van der Waals surface area contributed by atoms with Gasteiger partial charge in [-0.2, -0.15) is 4.39 Å². The van der Waals surface area contributed by atoms with Gasteiger partial charge in [0.15, 0.2) is 0 Å². The summed E-state index contributed by atoms with van der Waals surface area (Å²) in [5, 5.41) is 2.61. The van der Waals surface area contributed by atoms with Gasteiger partial charge in [-0.1, -0.05) is 18.2 Å². The minimum atomic E-state index is -2.77. The SMILES string of the molecule is O=C(Nc1cc(-c2[nH]c3c(O[C@H]4CCOC4)cc(F)nc3c2-c2ccccn2)ccn1)[C@H](CC(F)F)c1ccc(F)cc1. The summed E-state index contributed by atoms with van der Waals surface area (Å²) < 4.78 is 66.6. The van der Waals surface area contributed by atoms with Gasteiger partial charge in [0.1, 0.15) is 34.5 Å². The molecule has 1 aromatic carbocycles. The number of ether oxygens (including phenoxy) is 2. The molecule has 0 aliphatic carbocycles. The van der Waals surface area contributed by atoms with Crippen LogP contribution in [0.5, 0.6) is 5.75 Å². The highest BCUT2D eigenvalue weighted by molar-refractivity contribution is 6.03. The first-order chi connectivity index (χ1) is 20.9. The minimum absolute atomic E-state index is 0.0909. The normalized spacial score (nSPS) is 15.6. The second kappa shape index (κ2) is 12.2. The number of H-pyrrole nitrogens is 1. The van der Waals surface area contributed by atoms with E-state index in [1.165, 1.54) is 24.4 Å². The van der Waals surface area contributed by atoms with Crippen LogP contribution in [0.15, 0.2) is 73.1 Å². The Bertz CT molecular complexity index is 1740. The van der Waals surface area contributed by atoms with E-state index in [9.17, 15) is 22.4 Å². The summed E-state index contributed by atoms with van der Waals surface area (Å²) in [7, 11) is 0. The molecule has 5 aromatic rings. The number of benzene rings is 1. The Balaban J connectivity index is 1.40. The number of hydrogen-bond donors (Lipinski definition) is 2. The van der Waals surface area contributed by atoms with Crippen LogP contribution in [0, 0.1) is 11.8 Å². The maximum Gasteiger partial charge on any atom is 0.239 e. The first-order valence-electron chi connectivity index (χ1n) is 13.5. The van der Waals surface area contributed by atoms with Gasteiger partial charge >= 0.3 is 0 Å². The van der Waals surface area contributed by atoms with Gasteiger partial charge in [-0.25, -0.2) is 23.1 Å². The number of aromatic nitrogens is 4. The Morgan fingerprint density at radius 3 is 2.63 bits per heavy atom. The molecule has 1 fully saturated rings. The molecule has 1 saturated heterocycles. The van der Waals surface area contributed by atoms with Gasteiger partial charge in [0.25, 0.3) is 0 Å². The molecule has 1 aliphatic rings. The fraction of sp³-hybridized carbons (Fsp3) is 0.226. The van der Waals surface area contributed by atoms with Crippen molar-refractivity contribution in [2.24, 2.45) is 0 Å². The monoisotopic (exact) mass is 591 g/mol. The largest absolute Gasteiger partial charge is 0.485 e. The lowest BCUT2D eigenvalue weighted by Gasteiger charge is -2.17. The molecule has 5 heterocycles. The predicted octanol–water partition coefficient (Wildman–Crippen LogP) is 6.51. The molecule has 1 amide bonds. The summed E-state index contributed by atoms with van der Waals surface area (Å²) in [6.07, 6.45) is -0.0760. The molecular weight excluding hydrogens is 566 g/mol. The minimum Gasteiger partial charge on any atom is -0.485 e. The van der Waals surface area contributed by atoms with Crippen molar-refractivity contribution in [1.29, 1.82) is 0 Å². The molecule has 0 unspecified atom stereocenters. The molecule has 0 bridgehead atoms. The van der Waals surface area contributed by atoms with Crippen molar-refractivity contribution < 1.29 is 31.8 Å². The van der Waals surface area contributed by atoms with Crippen molar-refractivity contribution in [2.75, 3.05) is 18.5 Å². The number of halogens is 4. The van der Waals surface area contributed by atoms with Crippen molar-refractivity contribution in [1.82, 2.24) is 19.9 Å². The van der Waals surface area contributed by atoms with E-state index in [0.717, 1.165) is 12.1 Å². The molecule has 2 atom stereocenters. The highest BCUT2D eigenvalue weighted by Crippen LogP contribution is 2.40. The van der Waals surface area contributed by atoms with Gasteiger partial charge in [-0.3, -0.25) is 9.78 Å². The maximum atomic E-state index is 14.8. The second-order valence-corrected chi connectivity index (χ2v) is 10.0. The van der Waals surface area contributed by atoms with Crippen molar-refractivity contribution in [2.45, 2.75) is 31.3 Å². The van der Waals surface area contributed by atoms with E-state index in [-0.39, 0.29) is 23.2 Å². The highest BCUT2D eigenvalue weighted by atomic mass is 19.3. The van der Waals surface area contributed by atoms with Crippen LogP contribution in [0.3, 0.4) is 0 Å². The molecule has 1 aliphatic heterocycles. The third-order valence-electron chi connectivity index (χ3n) is 7.09. The summed E-state index contributed by atoms with van der Waals surface area (Å²) in [4.78, 5) is 29.3. The number of nitrogens with one attached hydrogen (secondary N) is 2. The number of nitrogens with zero attached hydrogens (tertiary/aromatic N) is 3. The van der Waals surface area contributed by atoms with Crippen molar-refractivity contribution in [3.63, 3.8) is 0 Å². The topological polar surface area (TPSA) is 102 Å². The summed E-state index contributed by atoms with van der Waals surface area (Å²) in [5.41, 5.74) is 3.02. The van der Waals surface area contributed by atoms with Gasteiger partial charge in [-0.05, 0) is 42.0 Å². The number of carbonyl (C=O) groups is 1. The van der Waals surface area contributed by atoms with Gasteiger partial charge < -0.3 is 19.8 Å². The molecule has 43 heavy (non-hydrogen) atoms. The number of amides is 1. The molecule has 2 N–H and O–H groups in total. The number of pyridine rings is 3. The van der Waals surface area contributed by atoms with Crippen LogP contribution in [0.1, 0.15) is 24.3 Å². The van der Waals surface area contributed by atoms with Gasteiger partial charge in [0.2, 0.25) is 18.3 Å². The van der Waals surface area contributed by atoms with E-state index < -0.39 is 36.4 Å². The first kappa shape index (κ1) is 28.3. The number of carbonyl (C=O) groups excluding carboxylic acids is 1. The zero-order valence-corrected chi connectivity index (χ0v) is 22.6. The lowest BCUT2D eigenvalue weighted by molar-refractivity contribution is -0.118. The van der Waals surface area contributed by atoms with Crippen molar-refractivity contribution in [3.05, 3.63) is 90.4 Å². The van der Waals surface area contributed by atoms with Crippen LogP contribution in [-0.2, 0) is 9.53 Å². The first-order valence-corrected chi connectivity index (χ1v) is 13.5. The number of alkyl halides is 2. The summed E-state index contributed by atoms with van der Waals surface area (Å²) >= 11 is 0. The van der Waals surface area contributed by atoms with E-state index in [1.807, 2.05) is 0 Å². The molecular formula is C31H25F4N5O3. The fourth-order valence-electron chi connectivity index (χ4n) is 5.09. The van der Waals surface area contributed by atoms with E-state index in [1.54, 1.807) is 36.5 Å². The number of aromatic amines is 1. The molecule has 4 aromatic heterocycles. The van der Waals surface area contributed by atoms with Gasteiger partial charge in [0, 0.05) is 36.9 Å².